The van der Waals surface area contributed by atoms with Crippen LogP contribution in [0.4, 0.5) is 0 Å². The van der Waals surface area contributed by atoms with Gasteiger partial charge in [0.05, 0.1) is 0 Å². The van der Waals surface area contributed by atoms with Crippen molar-refractivity contribution in [2.75, 3.05) is 22.7 Å². The number of rotatable bonds is 5. The summed E-state index contributed by atoms with van der Waals surface area (Å²) in [6.45, 7) is 0. The lowest BCUT2D eigenvalue weighted by Crippen LogP contribution is -2.04. The minimum Gasteiger partial charge on any atom is -0.165 e. The van der Waals surface area contributed by atoms with Crippen molar-refractivity contribution < 1.29 is 0 Å². The Morgan fingerprint density at radius 1 is 1.33 bits per heavy atom. The summed E-state index contributed by atoms with van der Waals surface area (Å²) in [7, 11) is 0. The molecule has 0 saturated carbocycles. The molecule has 0 fully saturated rings. The van der Waals surface area contributed by atoms with Gasteiger partial charge in [0.15, 0.2) is 0 Å². The number of hydrogen-bond donors (Lipinski definition) is 0. The minimum atomic E-state index is 0.817. The van der Waals surface area contributed by atoms with Crippen molar-refractivity contribution in [3.63, 3.8) is 0 Å². The summed E-state index contributed by atoms with van der Waals surface area (Å²) < 4.78 is 0. The summed E-state index contributed by atoms with van der Waals surface area (Å²) >= 11 is 8.85. The Bertz CT molecular complexity index is 55.0. The molecule has 9 heavy (non-hydrogen) atoms. The van der Waals surface area contributed by atoms with Crippen LogP contribution in [0.15, 0.2) is 0 Å². The van der Waals surface area contributed by atoms with E-state index in [0.717, 1.165) is 16.6 Å². The van der Waals surface area contributed by atoms with E-state index in [2.05, 4.69) is 38.1 Å². The zero-order valence-corrected chi connectivity index (χ0v) is 9.56. The maximum Gasteiger partial charge on any atom is 0.00679 e. The molecule has 0 aliphatic heterocycles. The monoisotopic (exact) mass is 274 g/mol. The van der Waals surface area contributed by atoms with Crippen molar-refractivity contribution in [3.05, 3.63) is 0 Å². The van der Waals surface area contributed by atoms with Gasteiger partial charge in [0.25, 0.3) is 0 Å². The summed E-state index contributed by atoms with van der Waals surface area (Å²) in [6, 6.07) is 0. The number of halogens is 2. The average Bonchev–Trinajstić information content (AvgIpc) is 1.91. The lowest BCUT2D eigenvalue weighted by atomic mass is 10.2. The Labute approximate surface area is 78.4 Å². The Kier molecular flexibility index (Phi) is 8.50. The first kappa shape index (κ1) is 10.3. The van der Waals surface area contributed by atoms with Crippen LogP contribution in [-0.4, -0.2) is 22.7 Å². The first-order valence-electron chi connectivity index (χ1n) is 2.96. The first-order chi connectivity index (χ1) is 4.35. The molecule has 0 saturated heterocycles. The van der Waals surface area contributed by atoms with Gasteiger partial charge in [0.2, 0.25) is 0 Å². The molecule has 0 aliphatic rings. The van der Waals surface area contributed by atoms with Gasteiger partial charge < -0.3 is 0 Å². The Morgan fingerprint density at radius 3 is 2.22 bits per heavy atom. The van der Waals surface area contributed by atoms with Crippen molar-refractivity contribution >= 4 is 43.6 Å². The molecule has 0 spiro atoms. The third-order valence-electron chi connectivity index (χ3n) is 1.17. The van der Waals surface area contributed by atoms with Crippen LogP contribution in [0.2, 0.25) is 0 Å². The van der Waals surface area contributed by atoms with Gasteiger partial charge in [-0.2, -0.15) is 11.8 Å². The molecule has 3 heteroatoms. The number of thioether (sulfide) groups is 1. The van der Waals surface area contributed by atoms with E-state index in [0.29, 0.717) is 0 Å². The van der Waals surface area contributed by atoms with E-state index in [1.165, 1.54) is 12.2 Å². The van der Waals surface area contributed by atoms with Crippen LogP contribution in [-0.2, 0) is 0 Å². The lowest BCUT2D eigenvalue weighted by Gasteiger charge is -2.07. The third kappa shape index (κ3) is 5.74. The maximum absolute atomic E-state index is 3.47. The number of alkyl halides is 2. The summed E-state index contributed by atoms with van der Waals surface area (Å²) in [6.07, 6.45) is 3.47. The fourth-order valence-electron chi connectivity index (χ4n) is 0.480. The van der Waals surface area contributed by atoms with Gasteiger partial charge in [0, 0.05) is 10.7 Å². The van der Waals surface area contributed by atoms with Crippen molar-refractivity contribution in [2.24, 2.45) is 5.92 Å². The van der Waals surface area contributed by atoms with Gasteiger partial charge in [-0.05, 0) is 24.3 Å². The highest BCUT2D eigenvalue weighted by Crippen LogP contribution is 2.12. The zero-order chi connectivity index (χ0) is 7.11. The van der Waals surface area contributed by atoms with E-state index in [-0.39, 0.29) is 0 Å². The van der Waals surface area contributed by atoms with Gasteiger partial charge in [-0.25, -0.2) is 0 Å². The van der Waals surface area contributed by atoms with Crippen molar-refractivity contribution in [1.29, 1.82) is 0 Å². The predicted molar refractivity (Wildman–Crippen MR) is 54.1 cm³/mol. The van der Waals surface area contributed by atoms with Gasteiger partial charge >= 0.3 is 0 Å². The van der Waals surface area contributed by atoms with Crippen LogP contribution in [0, 0.1) is 5.92 Å². The van der Waals surface area contributed by atoms with Gasteiger partial charge in [-0.3, -0.25) is 0 Å². The van der Waals surface area contributed by atoms with E-state index in [1.54, 1.807) is 0 Å². The van der Waals surface area contributed by atoms with E-state index >= 15 is 0 Å². The highest BCUT2D eigenvalue weighted by atomic mass is 79.9. The summed E-state index contributed by atoms with van der Waals surface area (Å²) in [4.78, 5) is 0. The predicted octanol–water partition coefficient (Wildman–Crippen LogP) is 3.15. The van der Waals surface area contributed by atoms with Gasteiger partial charge in [0.1, 0.15) is 0 Å². The fourth-order valence-corrected chi connectivity index (χ4v) is 2.77. The molecule has 0 radical (unpaired) electrons. The molecule has 0 aromatic carbocycles. The first-order valence-corrected chi connectivity index (χ1v) is 6.59. The molecule has 0 aromatic rings. The van der Waals surface area contributed by atoms with Crippen molar-refractivity contribution in [3.8, 4) is 0 Å². The van der Waals surface area contributed by atoms with Crippen LogP contribution in [0.3, 0.4) is 0 Å². The largest absolute Gasteiger partial charge is 0.165 e. The molecular formula is C6H12Br2S. The van der Waals surface area contributed by atoms with E-state index in [4.69, 9.17) is 0 Å². The lowest BCUT2D eigenvalue weighted by molar-refractivity contribution is 0.663. The Balaban J connectivity index is 3.09. The van der Waals surface area contributed by atoms with E-state index < -0.39 is 0 Å². The quantitative estimate of drug-likeness (QED) is 0.695. The standard InChI is InChI=1S/C6H12Br2S/c1-9-3-2-6(4-7)5-8/h6H,2-5H2,1H3. The van der Waals surface area contributed by atoms with Crippen LogP contribution >= 0.6 is 43.6 Å². The molecule has 0 N–H and O–H groups in total. The van der Waals surface area contributed by atoms with E-state index in [1.807, 2.05) is 11.8 Å². The molecule has 0 heterocycles. The van der Waals surface area contributed by atoms with Crippen LogP contribution < -0.4 is 0 Å². The van der Waals surface area contributed by atoms with Crippen molar-refractivity contribution in [2.45, 2.75) is 6.42 Å². The van der Waals surface area contributed by atoms with Crippen LogP contribution in [0.5, 0.6) is 0 Å². The molecule has 0 unspecified atom stereocenters. The molecule has 0 aliphatic carbocycles. The van der Waals surface area contributed by atoms with Crippen LogP contribution in [0.1, 0.15) is 6.42 Å². The van der Waals surface area contributed by atoms with E-state index in [9.17, 15) is 0 Å². The topological polar surface area (TPSA) is 0 Å². The minimum absolute atomic E-state index is 0.817. The fraction of sp³-hybridized carbons (Fsp3) is 1.00. The summed E-state index contributed by atoms with van der Waals surface area (Å²) in [5.74, 6) is 2.10. The van der Waals surface area contributed by atoms with Gasteiger partial charge in [-0.15, -0.1) is 0 Å². The SMILES string of the molecule is CSCCC(CBr)CBr. The van der Waals surface area contributed by atoms with Crippen LogP contribution in [0.25, 0.3) is 0 Å². The normalized spacial score (nSPS) is 10.7. The molecule has 0 nitrogen and oxygen atoms in total. The second-order valence-corrected chi connectivity index (χ2v) is 4.24. The molecular weight excluding hydrogens is 264 g/mol. The summed E-state index contributed by atoms with van der Waals surface area (Å²) in [5.41, 5.74) is 0. The van der Waals surface area contributed by atoms with Gasteiger partial charge in [-0.1, -0.05) is 31.9 Å². The highest BCUT2D eigenvalue weighted by molar-refractivity contribution is 9.09. The van der Waals surface area contributed by atoms with Crippen molar-refractivity contribution in [1.82, 2.24) is 0 Å². The second kappa shape index (κ2) is 7.42. The molecule has 0 rings (SSSR count). The third-order valence-corrected chi connectivity index (χ3v) is 3.64. The molecule has 0 atom stereocenters. The Hall–Kier alpha value is 1.31. The molecule has 0 amide bonds. The highest BCUT2D eigenvalue weighted by Gasteiger charge is 2.02. The zero-order valence-electron chi connectivity index (χ0n) is 5.57. The second-order valence-electron chi connectivity index (χ2n) is 1.96. The maximum atomic E-state index is 3.47. The smallest absolute Gasteiger partial charge is 0.00679 e. The molecule has 56 valence electrons. The molecule has 0 aromatic heterocycles. The molecule has 0 bridgehead atoms. The average molecular weight is 276 g/mol. The summed E-state index contributed by atoms with van der Waals surface area (Å²) in [5, 5.41) is 2.25. The number of hydrogen-bond acceptors (Lipinski definition) is 1. The Morgan fingerprint density at radius 2 is 1.89 bits per heavy atom.